The minimum absolute atomic E-state index is 0.170. The Kier molecular flexibility index (Phi) is 9.09. The molecule has 7 rings (SSSR count). The van der Waals surface area contributed by atoms with Crippen LogP contribution in [0, 0.1) is 0 Å². The molecule has 0 radical (unpaired) electrons. The zero-order valence-corrected chi connectivity index (χ0v) is 29.4. The predicted octanol–water partition coefficient (Wildman–Crippen LogP) is 12.0. The van der Waals surface area contributed by atoms with Crippen LogP contribution >= 0.6 is 0 Å². The van der Waals surface area contributed by atoms with Crippen LogP contribution in [0.3, 0.4) is 0 Å². The van der Waals surface area contributed by atoms with Gasteiger partial charge in [-0.15, -0.1) is 0 Å². The van der Waals surface area contributed by atoms with Crippen molar-refractivity contribution in [3.8, 4) is 56.8 Å². The van der Waals surface area contributed by atoms with Crippen LogP contribution in [0.2, 0.25) is 0 Å². The summed E-state index contributed by atoms with van der Waals surface area (Å²) in [6, 6.07) is 45.3. The molecule has 252 valence electrons. The summed E-state index contributed by atoms with van der Waals surface area (Å²) in [4.78, 5) is 4.85. The molecule has 0 spiro atoms. The Morgan fingerprint density at radius 2 is 0.780 bits per heavy atom. The second-order valence-electron chi connectivity index (χ2n) is 12.8. The van der Waals surface area contributed by atoms with Crippen molar-refractivity contribution in [2.45, 2.75) is 39.8 Å². The lowest BCUT2D eigenvalue weighted by Crippen LogP contribution is -2.36. The molecule has 0 N–H and O–H groups in total. The molecule has 0 saturated carbocycles. The molecule has 6 aromatic rings. The summed E-state index contributed by atoms with van der Waals surface area (Å²) in [6.07, 6.45) is 0. The highest BCUT2D eigenvalue weighted by Gasteiger charge is 2.33. The van der Waals surface area contributed by atoms with Gasteiger partial charge in [-0.3, -0.25) is 0 Å². The SMILES string of the molecule is COc1cccc(Oc2ccccc2)c1-c1ccc2c(c1)N(C(C)C)c1ccc(-c3c(OC)cccc3Oc3ccccc3)cc1N2C(C)C. The molecule has 0 aliphatic carbocycles. The maximum absolute atomic E-state index is 6.44. The first-order chi connectivity index (χ1) is 24.4. The van der Waals surface area contributed by atoms with Crippen molar-refractivity contribution in [1.29, 1.82) is 0 Å². The van der Waals surface area contributed by atoms with E-state index in [9.17, 15) is 0 Å². The molecule has 1 aliphatic rings. The molecule has 0 unspecified atom stereocenters. The Labute approximate surface area is 295 Å². The van der Waals surface area contributed by atoms with Crippen molar-refractivity contribution < 1.29 is 18.9 Å². The van der Waals surface area contributed by atoms with E-state index in [0.717, 1.165) is 79.5 Å². The molecule has 0 bridgehead atoms. The molecular formula is C44H42N2O4. The highest BCUT2D eigenvalue weighted by molar-refractivity contribution is 5.98. The summed E-state index contributed by atoms with van der Waals surface area (Å²) in [5.74, 6) is 4.51. The van der Waals surface area contributed by atoms with E-state index in [4.69, 9.17) is 18.9 Å². The van der Waals surface area contributed by atoms with Crippen molar-refractivity contribution >= 4 is 22.7 Å². The number of nitrogens with zero attached hydrogens (tertiary/aromatic N) is 2. The van der Waals surface area contributed by atoms with Crippen LogP contribution in [0.1, 0.15) is 27.7 Å². The van der Waals surface area contributed by atoms with Gasteiger partial charge in [0.15, 0.2) is 0 Å². The van der Waals surface area contributed by atoms with Crippen LogP contribution in [0.5, 0.6) is 34.5 Å². The van der Waals surface area contributed by atoms with E-state index in [1.54, 1.807) is 14.2 Å². The number of methoxy groups -OCH3 is 2. The summed E-state index contributed by atoms with van der Waals surface area (Å²) in [7, 11) is 3.41. The van der Waals surface area contributed by atoms with Gasteiger partial charge >= 0.3 is 0 Å². The predicted molar refractivity (Wildman–Crippen MR) is 204 cm³/mol. The number of ether oxygens (including phenoxy) is 4. The maximum atomic E-state index is 6.44. The average Bonchev–Trinajstić information content (AvgIpc) is 3.13. The van der Waals surface area contributed by atoms with Crippen LogP contribution in [0.15, 0.2) is 133 Å². The fourth-order valence-corrected chi connectivity index (χ4v) is 6.86. The number of hydrogen-bond donors (Lipinski definition) is 0. The van der Waals surface area contributed by atoms with Gasteiger partial charge in [-0.25, -0.2) is 0 Å². The van der Waals surface area contributed by atoms with Gasteiger partial charge < -0.3 is 28.7 Å². The highest BCUT2D eigenvalue weighted by Crippen LogP contribution is 2.54. The number of benzene rings is 6. The summed E-state index contributed by atoms with van der Waals surface area (Å²) in [5.41, 5.74) is 8.33. The summed E-state index contributed by atoms with van der Waals surface area (Å²) in [5, 5.41) is 0. The molecule has 0 aromatic heterocycles. The second-order valence-corrected chi connectivity index (χ2v) is 12.8. The zero-order valence-electron chi connectivity index (χ0n) is 29.4. The van der Waals surface area contributed by atoms with Gasteiger partial charge in [-0.05, 0) is 112 Å². The van der Waals surface area contributed by atoms with Gasteiger partial charge in [0.05, 0.1) is 48.1 Å². The number of para-hydroxylation sites is 2. The van der Waals surface area contributed by atoms with Crippen LogP contribution in [0.4, 0.5) is 22.7 Å². The number of rotatable bonds is 10. The molecular weight excluding hydrogens is 620 g/mol. The Hall–Kier alpha value is -5.88. The topological polar surface area (TPSA) is 43.4 Å². The largest absolute Gasteiger partial charge is 0.496 e. The van der Waals surface area contributed by atoms with Gasteiger partial charge in [-0.1, -0.05) is 60.7 Å². The maximum Gasteiger partial charge on any atom is 0.138 e. The molecule has 0 saturated heterocycles. The van der Waals surface area contributed by atoms with Crippen LogP contribution in [-0.4, -0.2) is 26.3 Å². The first-order valence-corrected chi connectivity index (χ1v) is 17.0. The van der Waals surface area contributed by atoms with E-state index in [1.807, 2.05) is 97.1 Å². The van der Waals surface area contributed by atoms with Crippen LogP contribution < -0.4 is 28.7 Å². The van der Waals surface area contributed by atoms with Gasteiger partial charge in [0.1, 0.15) is 34.5 Å². The van der Waals surface area contributed by atoms with Gasteiger partial charge in [0, 0.05) is 12.1 Å². The van der Waals surface area contributed by atoms with E-state index < -0.39 is 0 Å². The lowest BCUT2D eigenvalue weighted by atomic mass is 9.95. The quantitative estimate of drug-likeness (QED) is 0.145. The Morgan fingerprint density at radius 1 is 0.400 bits per heavy atom. The molecule has 0 amide bonds. The van der Waals surface area contributed by atoms with Crippen LogP contribution in [0.25, 0.3) is 22.3 Å². The lowest BCUT2D eigenvalue weighted by molar-refractivity contribution is 0.411. The average molecular weight is 663 g/mol. The Bertz CT molecular complexity index is 1960. The van der Waals surface area contributed by atoms with E-state index in [1.165, 1.54) is 0 Å². The van der Waals surface area contributed by atoms with Crippen molar-refractivity contribution in [3.63, 3.8) is 0 Å². The minimum Gasteiger partial charge on any atom is -0.496 e. The monoisotopic (exact) mass is 662 g/mol. The zero-order chi connectivity index (χ0) is 34.8. The molecule has 6 aromatic carbocycles. The first-order valence-electron chi connectivity index (χ1n) is 17.0. The molecule has 0 atom stereocenters. The fourth-order valence-electron chi connectivity index (χ4n) is 6.86. The van der Waals surface area contributed by atoms with Crippen LogP contribution in [-0.2, 0) is 0 Å². The first kappa shape index (κ1) is 32.7. The Morgan fingerprint density at radius 3 is 1.14 bits per heavy atom. The third-order valence-corrected chi connectivity index (χ3v) is 8.96. The minimum atomic E-state index is 0.170. The summed E-state index contributed by atoms with van der Waals surface area (Å²) in [6.45, 7) is 8.94. The molecule has 50 heavy (non-hydrogen) atoms. The lowest BCUT2D eigenvalue weighted by Gasteiger charge is -2.44. The van der Waals surface area contributed by atoms with Gasteiger partial charge in [0.25, 0.3) is 0 Å². The molecule has 6 heteroatoms. The molecule has 1 aliphatic heterocycles. The Balaban J connectivity index is 1.36. The third kappa shape index (κ3) is 6.09. The van der Waals surface area contributed by atoms with E-state index in [-0.39, 0.29) is 12.1 Å². The third-order valence-electron chi connectivity index (χ3n) is 8.96. The van der Waals surface area contributed by atoms with E-state index in [0.29, 0.717) is 0 Å². The smallest absolute Gasteiger partial charge is 0.138 e. The van der Waals surface area contributed by atoms with Gasteiger partial charge in [-0.2, -0.15) is 0 Å². The summed E-state index contributed by atoms with van der Waals surface area (Å²) < 4.78 is 24.7. The normalized spacial score (nSPS) is 12.1. The van der Waals surface area contributed by atoms with Crippen molar-refractivity contribution in [2.75, 3.05) is 24.0 Å². The van der Waals surface area contributed by atoms with E-state index >= 15 is 0 Å². The molecule has 1 heterocycles. The number of hydrogen-bond acceptors (Lipinski definition) is 6. The summed E-state index contributed by atoms with van der Waals surface area (Å²) >= 11 is 0. The van der Waals surface area contributed by atoms with Crippen molar-refractivity contribution in [1.82, 2.24) is 0 Å². The standard InChI is InChI=1S/C44H42N2O4/c1-29(2)45-35-25-23-32(44-40(48-6)20-14-22-42(44)50-34-17-11-8-12-18-34)28-38(35)46(30(3)4)36-26-24-31(27-37(36)45)43-39(47-5)19-13-21-41(43)49-33-15-9-7-10-16-33/h7-30H,1-6H3. The highest BCUT2D eigenvalue weighted by atomic mass is 16.5. The van der Waals surface area contributed by atoms with Crippen molar-refractivity contribution in [2.24, 2.45) is 0 Å². The molecule has 0 fully saturated rings. The fraction of sp³-hybridized carbons (Fsp3) is 0.182. The number of anilines is 4. The molecule has 6 nitrogen and oxygen atoms in total. The van der Waals surface area contributed by atoms with Gasteiger partial charge in [0.2, 0.25) is 0 Å². The van der Waals surface area contributed by atoms with Crippen molar-refractivity contribution in [3.05, 3.63) is 133 Å². The number of fused-ring (bicyclic) bond motifs is 2. The van der Waals surface area contributed by atoms with E-state index in [2.05, 4.69) is 73.9 Å². The second kappa shape index (κ2) is 13.9.